The van der Waals surface area contributed by atoms with Gasteiger partial charge in [-0.25, -0.2) is 17.2 Å². The number of hydrogen-bond donors (Lipinski definition) is 1. The molecule has 2 heterocycles. The van der Waals surface area contributed by atoms with Crippen molar-refractivity contribution in [1.82, 2.24) is 9.29 Å². The van der Waals surface area contributed by atoms with Crippen molar-refractivity contribution in [3.05, 3.63) is 54.5 Å². The second-order valence-corrected chi connectivity index (χ2v) is 8.10. The van der Waals surface area contributed by atoms with Crippen molar-refractivity contribution < 1.29 is 17.2 Å². The number of aromatic nitrogens is 1. The Kier molecular flexibility index (Phi) is 3.85. The molecule has 1 atom stereocenters. The van der Waals surface area contributed by atoms with E-state index in [1.807, 2.05) is 0 Å². The van der Waals surface area contributed by atoms with E-state index in [2.05, 4.69) is 4.98 Å². The Hall–Kier alpha value is -2.25. The maximum Gasteiger partial charge on any atom is 0.243 e. The summed E-state index contributed by atoms with van der Waals surface area (Å²) in [5.74, 6) is -0.320. The van der Waals surface area contributed by atoms with E-state index in [1.165, 1.54) is 28.6 Å². The number of rotatable bonds is 3. The molecule has 1 saturated heterocycles. The summed E-state index contributed by atoms with van der Waals surface area (Å²) in [5.41, 5.74) is 2.36. The minimum absolute atomic E-state index is 0.0852. The van der Waals surface area contributed by atoms with Crippen molar-refractivity contribution in [2.24, 2.45) is 0 Å². The molecule has 4 rings (SSSR count). The molecule has 1 fully saturated rings. The highest BCUT2D eigenvalue weighted by Crippen LogP contribution is 2.30. The summed E-state index contributed by atoms with van der Waals surface area (Å²) >= 11 is 0. The van der Waals surface area contributed by atoms with Crippen LogP contribution >= 0.6 is 0 Å². The van der Waals surface area contributed by atoms with E-state index in [0.29, 0.717) is 5.52 Å². The predicted octanol–water partition coefficient (Wildman–Crippen LogP) is 3.71. The molecular weight excluding hydrogens is 346 g/mol. The van der Waals surface area contributed by atoms with Crippen LogP contribution in [0.25, 0.3) is 22.0 Å². The van der Waals surface area contributed by atoms with Crippen LogP contribution in [-0.2, 0) is 10.0 Å². The van der Waals surface area contributed by atoms with Crippen LogP contribution in [-0.4, -0.2) is 37.0 Å². The van der Waals surface area contributed by atoms with Gasteiger partial charge in [-0.2, -0.15) is 4.31 Å². The monoisotopic (exact) mass is 362 g/mol. The van der Waals surface area contributed by atoms with Gasteiger partial charge in [-0.3, -0.25) is 0 Å². The first-order valence-corrected chi connectivity index (χ1v) is 9.40. The average Bonchev–Trinajstić information content (AvgIpc) is 3.21. The topological polar surface area (TPSA) is 53.2 Å². The number of nitrogens with one attached hydrogen (secondary N) is 1. The van der Waals surface area contributed by atoms with Crippen LogP contribution in [0, 0.1) is 5.82 Å². The van der Waals surface area contributed by atoms with E-state index in [-0.39, 0.29) is 30.2 Å². The van der Waals surface area contributed by atoms with E-state index in [4.69, 9.17) is 0 Å². The van der Waals surface area contributed by atoms with Gasteiger partial charge < -0.3 is 4.98 Å². The second-order valence-electron chi connectivity index (χ2n) is 6.17. The predicted molar refractivity (Wildman–Crippen MR) is 92.0 cm³/mol. The van der Waals surface area contributed by atoms with Crippen molar-refractivity contribution in [1.29, 1.82) is 0 Å². The van der Waals surface area contributed by atoms with E-state index >= 15 is 0 Å². The molecule has 4 nitrogen and oxygen atoms in total. The third-order valence-electron chi connectivity index (χ3n) is 4.54. The van der Waals surface area contributed by atoms with Crippen LogP contribution in [0.2, 0.25) is 0 Å². The number of halogens is 2. The van der Waals surface area contributed by atoms with Crippen molar-refractivity contribution >= 4 is 20.9 Å². The third-order valence-corrected chi connectivity index (χ3v) is 6.42. The molecular formula is C18H16F2N2O2S. The highest BCUT2D eigenvalue weighted by Gasteiger charge is 2.32. The molecule has 3 aromatic rings. The average molecular weight is 362 g/mol. The first kappa shape index (κ1) is 16.2. The largest absolute Gasteiger partial charge is 0.360 e. The summed E-state index contributed by atoms with van der Waals surface area (Å²) in [4.78, 5) is 3.16. The smallest absolute Gasteiger partial charge is 0.243 e. The Morgan fingerprint density at radius 3 is 2.56 bits per heavy atom. The third kappa shape index (κ3) is 2.83. The van der Waals surface area contributed by atoms with Gasteiger partial charge in [-0.1, -0.05) is 12.1 Å². The van der Waals surface area contributed by atoms with Crippen LogP contribution in [0.3, 0.4) is 0 Å². The summed E-state index contributed by atoms with van der Waals surface area (Å²) < 4.78 is 52.9. The van der Waals surface area contributed by atoms with Crippen LogP contribution < -0.4 is 0 Å². The molecule has 1 N–H and O–H groups in total. The fourth-order valence-electron chi connectivity index (χ4n) is 3.20. The lowest BCUT2D eigenvalue weighted by molar-refractivity contribution is 0.343. The van der Waals surface area contributed by atoms with Crippen LogP contribution in [0.4, 0.5) is 8.78 Å². The van der Waals surface area contributed by atoms with Gasteiger partial charge in [0.2, 0.25) is 10.0 Å². The summed E-state index contributed by atoms with van der Waals surface area (Å²) in [6.07, 6.45) is 0.908. The molecule has 0 spiro atoms. The number of aromatic amines is 1. The zero-order chi connectivity index (χ0) is 17.6. The normalized spacial score (nSPS) is 18.9. The van der Waals surface area contributed by atoms with Gasteiger partial charge in [0.1, 0.15) is 12.0 Å². The fraction of sp³-hybridized carbons (Fsp3) is 0.222. The maximum atomic E-state index is 13.3. The van der Waals surface area contributed by atoms with Crippen molar-refractivity contribution in [3.63, 3.8) is 0 Å². The van der Waals surface area contributed by atoms with Gasteiger partial charge in [0, 0.05) is 35.8 Å². The molecule has 0 unspecified atom stereocenters. The molecule has 0 saturated carbocycles. The van der Waals surface area contributed by atoms with Crippen molar-refractivity contribution in [3.8, 4) is 11.1 Å². The number of nitrogens with zero attached hydrogens (tertiary/aromatic N) is 1. The van der Waals surface area contributed by atoms with Crippen LogP contribution in [0.1, 0.15) is 6.42 Å². The minimum atomic E-state index is -3.67. The van der Waals surface area contributed by atoms with E-state index < -0.39 is 16.2 Å². The summed E-state index contributed by atoms with van der Waals surface area (Å²) in [6, 6.07) is 11.0. The van der Waals surface area contributed by atoms with Crippen molar-refractivity contribution in [2.45, 2.75) is 17.5 Å². The van der Waals surface area contributed by atoms with E-state index in [1.54, 1.807) is 24.4 Å². The molecule has 1 aliphatic rings. The van der Waals surface area contributed by atoms with Crippen molar-refractivity contribution in [2.75, 3.05) is 13.1 Å². The minimum Gasteiger partial charge on any atom is -0.360 e. The molecule has 0 radical (unpaired) electrons. The number of hydrogen-bond acceptors (Lipinski definition) is 2. The number of benzene rings is 2. The van der Waals surface area contributed by atoms with E-state index in [0.717, 1.165) is 16.5 Å². The first-order valence-electron chi connectivity index (χ1n) is 7.96. The molecule has 0 bridgehead atoms. The lowest BCUT2D eigenvalue weighted by atomic mass is 10.1. The van der Waals surface area contributed by atoms with Gasteiger partial charge in [-0.15, -0.1) is 0 Å². The standard InChI is InChI=1S/C18H16F2N2O2S/c19-13-3-6-16-17(10-21-18(16)9-13)12-1-4-15(5-2-12)25(23,24)22-8-7-14(20)11-22/h1-6,9-10,14,21H,7-8,11H2/t14-/m1/s1. The van der Waals surface area contributed by atoms with Gasteiger partial charge in [0.25, 0.3) is 0 Å². The first-order chi connectivity index (χ1) is 11.9. The number of sulfonamides is 1. The molecule has 0 aliphatic carbocycles. The Morgan fingerprint density at radius 1 is 1.12 bits per heavy atom. The molecule has 1 aliphatic heterocycles. The molecule has 2 aromatic carbocycles. The number of alkyl halides is 1. The summed E-state index contributed by atoms with van der Waals surface area (Å²) in [7, 11) is -3.67. The van der Waals surface area contributed by atoms with Gasteiger partial charge in [-0.05, 0) is 42.3 Å². The zero-order valence-corrected chi connectivity index (χ0v) is 14.1. The highest BCUT2D eigenvalue weighted by atomic mass is 32.2. The fourth-order valence-corrected chi connectivity index (χ4v) is 4.68. The van der Waals surface area contributed by atoms with Gasteiger partial charge in [0.05, 0.1) is 4.90 Å². The molecule has 1 aromatic heterocycles. The number of H-pyrrole nitrogens is 1. The Morgan fingerprint density at radius 2 is 1.88 bits per heavy atom. The maximum absolute atomic E-state index is 13.3. The SMILES string of the molecule is O=S(=O)(c1ccc(-c2c[nH]c3cc(F)ccc23)cc1)N1CC[C@@H](F)C1. The zero-order valence-electron chi connectivity index (χ0n) is 13.2. The highest BCUT2D eigenvalue weighted by molar-refractivity contribution is 7.89. The molecule has 7 heteroatoms. The van der Waals surface area contributed by atoms with Crippen LogP contribution in [0.5, 0.6) is 0 Å². The lowest BCUT2D eigenvalue weighted by Crippen LogP contribution is -2.29. The quantitative estimate of drug-likeness (QED) is 0.772. The van der Waals surface area contributed by atoms with Crippen LogP contribution in [0.15, 0.2) is 53.6 Å². The van der Waals surface area contributed by atoms with Gasteiger partial charge >= 0.3 is 0 Å². The van der Waals surface area contributed by atoms with Gasteiger partial charge in [0.15, 0.2) is 0 Å². The molecule has 0 amide bonds. The molecule has 130 valence electrons. The molecule has 25 heavy (non-hydrogen) atoms. The second kappa shape index (κ2) is 5.93. The Balaban J connectivity index is 1.68. The summed E-state index contributed by atoms with van der Waals surface area (Å²) in [6.45, 7) is 0.122. The van der Waals surface area contributed by atoms with E-state index in [9.17, 15) is 17.2 Å². The lowest BCUT2D eigenvalue weighted by Gasteiger charge is -2.15. The summed E-state index contributed by atoms with van der Waals surface area (Å²) in [5, 5.41) is 0.858. The number of fused-ring (bicyclic) bond motifs is 1. The Bertz CT molecular complexity index is 1030. The Labute approximate surface area is 144 Å².